The number of anilines is 4. The molecule has 10 nitrogen and oxygen atoms in total. The molecule has 2 atom stereocenters. The summed E-state index contributed by atoms with van der Waals surface area (Å²) in [6, 6.07) is 7.11. The Balaban J connectivity index is 1.24. The zero-order valence-electron chi connectivity index (χ0n) is 19.3. The molecule has 0 bridgehead atoms. The zero-order valence-corrected chi connectivity index (χ0v) is 19.3. The highest BCUT2D eigenvalue weighted by atomic mass is 19.1. The Morgan fingerprint density at radius 3 is 2.94 bits per heavy atom. The number of rotatable bonds is 5. The van der Waals surface area contributed by atoms with Crippen molar-refractivity contribution in [3.63, 3.8) is 0 Å². The predicted molar refractivity (Wildman–Crippen MR) is 132 cm³/mol. The van der Waals surface area contributed by atoms with Crippen molar-refractivity contribution >= 4 is 40.1 Å². The number of aryl methyl sites for hydroxylation is 1. The monoisotopic (exact) mass is 477 g/mol. The fourth-order valence-electron chi connectivity index (χ4n) is 5.29. The lowest BCUT2D eigenvalue weighted by molar-refractivity contribution is 0.201. The van der Waals surface area contributed by atoms with E-state index in [4.69, 9.17) is 4.42 Å². The van der Waals surface area contributed by atoms with Crippen LogP contribution < -0.4 is 26.2 Å². The third kappa shape index (κ3) is 3.92. The first-order valence-corrected chi connectivity index (χ1v) is 11.7. The number of piperazine rings is 1. The van der Waals surface area contributed by atoms with Crippen molar-refractivity contribution in [2.24, 2.45) is 0 Å². The average Bonchev–Trinajstić information content (AvgIpc) is 3.44. The van der Waals surface area contributed by atoms with Crippen molar-refractivity contribution in [2.75, 3.05) is 36.8 Å². The van der Waals surface area contributed by atoms with E-state index in [1.165, 1.54) is 6.07 Å². The van der Waals surface area contributed by atoms with E-state index in [0.29, 0.717) is 44.9 Å². The van der Waals surface area contributed by atoms with Crippen LogP contribution in [-0.2, 0) is 0 Å². The summed E-state index contributed by atoms with van der Waals surface area (Å²) >= 11 is 0. The fourth-order valence-corrected chi connectivity index (χ4v) is 5.29. The second kappa shape index (κ2) is 8.43. The Bertz CT molecular complexity index is 1470. The summed E-state index contributed by atoms with van der Waals surface area (Å²) in [5.74, 6) is 0.613. The van der Waals surface area contributed by atoms with Crippen LogP contribution in [0.1, 0.15) is 18.4 Å². The minimum atomic E-state index is -0.504. The first-order chi connectivity index (χ1) is 17.0. The van der Waals surface area contributed by atoms with Gasteiger partial charge < -0.3 is 20.4 Å². The van der Waals surface area contributed by atoms with Crippen LogP contribution in [0.5, 0.6) is 0 Å². The Kier molecular flexibility index (Phi) is 5.23. The average molecular weight is 478 g/mol. The number of benzene rings is 1. The predicted octanol–water partition coefficient (Wildman–Crippen LogP) is 3.31. The van der Waals surface area contributed by atoms with E-state index < -0.39 is 5.76 Å². The Morgan fingerprint density at radius 2 is 2.06 bits per heavy atom. The number of nitrogens with zero attached hydrogens (tertiary/aromatic N) is 4. The van der Waals surface area contributed by atoms with Gasteiger partial charge in [-0.25, -0.2) is 14.8 Å². The van der Waals surface area contributed by atoms with Gasteiger partial charge in [0.25, 0.3) is 5.82 Å². The number of pyridine rings is 1. The number of quaternary nitrogens is 1. The van der Waals surface area contributed by atoms with E-state index in [1.54, 1.807) is 30.6 Å². The maximum atomic E-state index is 15.3. The molecule has 0 radical (unpaired) electrons. The van der Waals surface area contributed by atoms with Crippen LogP contribution in [0.15, 0.2) is 45.9 Å². The van der Waals surface area contributed by atoms with Crippen molar-refractivity contribution in [1.29, 1.82) is 0 Å². The molecule has 2 unspecified atom stereocenters. The summed E-state index contributed by atoms with van der Waals surface area (Å²) in [6.45, 7) is 5.44. The van der Waals surface area contributed by atoms with Gasteiger partial charge in [0, 0.05) is 49.4 Å². The molecular formula is C24H26FN8O2+. The molecular weight excluding hydrogens is 451 g/mol. The number of fused-ring (bicyclic) bond motifs is 2. The van der Waals surface area contributed by atoms with E-state index in [9.17, 15) is 4.79 Å². The van der Waals surface area contributed by atoms with Crippen molar-refractivity contribution in [1.82, 2.24) is 29.7 Å². The second-order valence-electron chi connectivity index (χ2n) is 9.21. The van der Waals surface area contributed by atoms with Crippen LogP contribution in [0.25, 0.3) is 11.1 Å². The number of hydrogen-bond donors (Lipinski definition) is 4. The Labute approximate surface area is 200 Å². The van der Waals surface area contributed by atoms with Gasteiger partial charge in [0.1, 0.15) is 11.9 Å². The van der Waals surface area contributed by atoms with Gasteiger partial charge in [-0.1, -0.05) is 0 Å². The molecule has 4 aromatic rings. The number of halogens is 1. The molecule has 0 amide bonds. The number of oxazole rings is 1. The van der Waals surface area contributed by atoms with E-state index in [-0.39, 0.29) is 5.82 Å². The van der Waals surface area contributed by atoms with Gasteiger partial charge >= 0.3 is 5.76 Å². The summed E-state index contributed by atoms with van der Waals surface area (Å²) in [6.07, 6.45) is 5.51. The summed E-state index contributed by atoms with van der Waals surface area (Å²) in [7, 11) is 0. The van der Waals surface area contributed by atoms with E-state index in [0.717, 1.165) is 50.3 Å². The third-order valence-corrected chi connectivity index (χ3v) is 7.01. The van der Waals surface area contributed by atoms with Crippen molar-refractivity contribution in [3.05, 3.63) is 58.6 Å². The molecule has 0 spiro atoms. The molecule has 35 heavy (non-hydrogen) atoms. The van der Waals surface area contributed by atoms with Gasteiger partial charge in [-0.3, -0.25) is 9.47 Å². The number of H-pyrrole nitrogens is 1. The molecule has 180 valence electrons. The fraction of sp³-hybridized carbons (Fsp3) is 0.333. The quantitative estimate of drug-likeness (QED) is 0.323. The maximum absolute atomic E-state index is 15.3. The third-order valence-electron chi connectivity index (χ3n) is 7.01. The first-order valence-electron chi connectivity index (χ1n) is 11.7. The van der Waals surface area contributed by atoms with Crippen molar-refractivity contribution < 1.29 is 8.81 Å². The van der Waals surface area contributed by atoms with E-state index in [1.807, 2.05) is 6.92 Å². The topological polar surface area (TPSA) is 121 Å². The lowest BCUT2D eigenvalue weighted by Gasteiger charge is -2.42. The highest BCUT2D eigenvalue weighted by Crippen LogP contribution is 2.36. The maximum Gasteiger partial charge on any atom is 0.417 e. The zero-order chi connectivity index (χ0) is 24.0. The number of aromatic nitrogens is 4. The summed E-state index contributed by atoms with van der Waals surface area (Å²) in [4.78, 5) is 27.5. The first kappa shape index (κ1) is 21.7. The molecule has 4 N–H and O–H groups in total. The van der Waals surface area contributed by atoms with Gasteiger partial charge in [0.05, 0.1) is 30.5 Å². The molecule has 11 heteroatoms. The van der Waals surface area contributed by atoms with Crippen LogP contribution in [0.3, 0.4) is 0 Å². The smallest absolute Gasteiger partial charge is 0.408 e. The summed E-state index contributed by atoms with van der Waals surface area (Å²) < 4.78 is 21.0. The van der Waals surface area contributed by atoms with Crippen molar-refractivity contribution in [2.45, 2.75) is 25.8 Å². The minimum Gasteiger partial charge on any atom is -0.408 e. The molecule has 1 aromatic carbocycles. The number of aromatic amines is 1. The van der Waals surface area contributed by atoms with Gasteiger partial charge in [-0.15, -0.1) is 0 Å². The summed E-state index contributed by atoms with van der Waals surface area (Å²) in [5, 5.41) is 9.74. The second-order valence-corrected chi connectivity index (χ2v) is 9.21. The number of nitrogens with one attached hydrogen (secondary N) is 4. The van der Waals surface area contributed by atoms with Crippen LogP contribution >= 0.6 is 0 Å². The van der Waals surface area contributed by atoms with E-state index in [2.05, 4.69) is 35.9 Å². The molecule has 2 aliphatic rings. The van der Waals surface area contributed by atoms with Gasteiger partial charge in [0.2, 0.25) is 11.8 Å². The standard InChI is InChI=1S/C24H25FN8O2/c1-14-11-28-23(32-21(14)29-15-4-5-20-19(10-15)31-24(34)35-20)30-16-9-18(25)22(27-12-16)33-7-2-3-17(33)13-26-6-8-33/h4-5,9-12,17,26H,2-3,6-8,13H2,1H3,(H2-,28,29,30,31,32,34)/p+1. The molecule has 6 rings (SSSR count). The van der Waals surface area contributed by atoms with Crippen LogP contribution in [0.4, 0.5) is 33.3 Å². The Morgan fingerprint density at radius 1 is 1.14 bits per heavy atom. The molecule has 2 aliphatic heterocycles. The molecule has 2 saturated heterocycles. The molecule has 5 heterocycles. The van der Waals surface area contributed by atoms with Crippen LogP contribution in [-0.4, -0.2) is 52.2 Å². The molecule has 3 aromatic heterocycles. The molecule has 0 aliphatic carbocycles. The van der Waals surface area contributed by atoms with Crippen LogP contribution in [0.2, 0.25) is 0 Å². The van der Waals surface area contributed by atoms with Gasteiger partial charge in [0.15, 0.2) is 5.58 Å². The number of hydrogen-bond acceptors (Lipinski definition) is 8. The highest BCUT2D eigenvalue weighted by Gasteiger charge is 2.47. The minimum absolute atomic E-state index is 0.309. The lowest BCUT2D eigenvalue weighted by atomic mass is 10.1. The highest BCUT2D eigenvalue weighted by molar-refractivity contribution is 5.78. The Hall–Kier alpha value is -3.83. The molecule has 2 fully saturated rings. The van der Waals surface area contributed by atoms with Gasteiger partial charge in [-0.05, 0) is 25.1 Å². The SMILES string of the molecule is Cc1cnc(Nc2cnc([N+]34CCCC3CNCC4)c(F)c2)nc1Nc1ccc2oc(=O)[nH]c2c1. The van der Waals surface area contributed by atoms with E-state index >= 15 is 4.39 Å². The largest absolute Gasteiger partial charge is 0.417 e. The van der Waals surface area contributed by atoms with Crippen LogP contribution in [0, 0.1) is 12.7 Å². The lowest BCUT2D eigenvalue weighted by Crippen LogP contribution is -2.63. The normalized spacial score (nSPS) is 21.7. The van der Waals surface area contributed by atoms with Gasteiger partial charge in [-0.2, -0.15) is 9.37 Å². The summed E-state index contributed by atoms with van der Waals surface area (Å²) in [5.41, 5.74) is 3.10. The molecule has 0 saturated carbocycles. The van der Waals surface area contributed by atoms with Crippen molar-refractivity contribution in [3.8, 4) is 0 Å².